The van der Waals surface area contributed by atoms with Gasteiger partial charge in [0, 0.05) is 11.2 Å². The van der Waals surface area contributed by atoms with E-state index in [1.165, 1.54) is 6.20 Å². The Hall–Kier alpha value is -2.59. The van der Waals surface area contributed by atoms with Crippen molar-refractivity contribution in [1.29, 1.82) is 0 Å². The first-order valence-electron chi connectivity index (χ1n) is 7.50. The van der Waals surface area contributed by atoms with E-state index in [9.17, 15) is 4.79 Å². The molecule has 2 N–H and O–H groups in total. The van der Waals surface area contributed by atoms with E-state index in [2.05, 4.69) is 11.6 Å². The van der Waals surface area contributed by atoms with E-state index in [4.69, 9.17) is 22.1 Å². The molecule has 0 unspecified atom stereocenters. The molecule has 0 aliphatic heterocycles. The van der Waals surface area contributed by atoms with Gasteiger partial charge in [-0.2, -0.15) is 0 Å². The number of ether oxygens (including phenoxy) is 1. The molecule has 0 saturated carbocycles. The summed E-state index contributed by atoms with van der Waals surface area (Å²) in [5.41, 5.74) is 5.45. The Labute approximate surface area is 148 Å². The minimum atomic E-state index is -0.581. The quantitative estimate of drug-likeness (QED) is 0.753. The number of nitrogens with two attached hydrogens (primary N) is 1. The van der Waals surface area contributed by atoms with Crippen LogP contribution in [0.4, 0.5) is 0 Å². The SMILES string of the molecule is C=C/C=C\C.CC.NC(=O)c1cccnc1Oc1ccc(Cl)cc1. The van der Waals surface area contributed by atoms with Gasteiger partial charge < -0.3 is 10.5 Å². The normalized spacial score (nSPS) is 9.17. The molecule has 1 heterocycles. The molecular formula is C19H23ClN2O2. The van der Waals surface area contributed by atoms with Crippen LogP contribution in [0.5, 0.6) is 11.6 Å². The summed E-state index contributed by atoms with van der Waals surface area (Å²) < 4.78 is 5.46. The van der Waals surface area contributed by atoms with Crippen LogP contribution in [0.1, 0.15) is 31.1 Å². The van der Waals surface area contributed by atoms with E-state index < -0.39 is 5.91 Å². The minimum absolute atomic E-state index is 0.183. The summed E-state index contributed by atoms with van der Waals surface area (Å²) in [7, 11) is 0. The third-order valence-electron chi connectivity index (χ3n) is 2.39. The number of allylic oxidation sites excluding steroid dienone is 3. The molecule has 0 saturated heterocycles. The van der Waals surface area contributed by atoms with Gasteiger partial charge in [0.15, 0.2) is 0 Å². The lowest BCUT2D eigenvalue weighted by molar-refractivity contribution is 0.0997. The van der Waals surface area contributed by atoms with Gasteiger partial charge in [-0.3, -0.25) is 4.79 Å². The Morgan fingerprint density at radius 2 is 1.88 bits per heavy atom. The molecule has 0 fully saturated rings. The molecule has 0 spiro atoms. The number of aromatic nitrogens is 1. The Balaban J connectivity index is 0.000000650. The highest BCUT2D eigenvalue weighted by atomic mass is 35.5. The van der Waals surface area contributed by atoms with Crippen LogP contribution in [0.2, 0.25) is 5.02 Å². The number of pyridine rings is 1. The molecule has 0 aliphatic rings. The maximum Gasteiger partial charge on any atom is 0.254 e. The van der Waals surface area contributed by atoms with Gasteiger partial charge in [-0.1, -0.05) is 50.3 Å². The number of rotatable bonds is 4. The van der Waals surface area contributed by atoms with Gasteiger partial charge >= 0.3 is 0 Å². The summed E-state index contributed by atoms with van der Waals surface area (Å²) in [6.45, 7) is 9.42. The standard InChI is InChI=1S/C12H9ClN2O2.C5H8.C2H6/c13-8-3-5-9(6-4-8)17-12-10(11(14)16)2-1-7-15-12;1-3-5-4-2;1-2/h1-7H,(H2,14,16);3-5H,1H2,2H3;1-2H3/b;5-4-;. The van der Waals surface area contributed by atoms with Gasteiger partial charge in [0.1, 0.15) is 11.3 Å². The van der Waals surface area contributed by atoms with Crippen LogP contribution in [0.3, 0.4) is 0 Å². The molecule has 2 aromatic rings. The number of carbonyl (C=O) groups is 1. The van der Waals surface area contributed by atoms with Crippen molar-refractivity contribution in [2.75, 3.05) is 0 Å². The second-order valence-corrected chi connectivity index (χ2v) is 4.47. The molecule has 1 aromatic heterocycles. The highest BCUT2D eigenvalue weighted by Crippen LogP contribution is 2.23. The maximum atomic E-state index is 11.1. The summed E-state index contributed by atoms with van der Waals surface area (Å²) in [4.78, 5) is 15.1. The minimum Gasteiger partial charge on any atom is -0.438 e. The van der Waals surface area contributed by atoms with Crippen LogP contribution >= 0.6 is 11.6 Å². The summed E-state index contributed by atoms with van der Waals surface area (Å²) in [5, 5.41) is 0.605. The molecular weight excluding hydrogens is 324 g/mol. The van der Waals surface area contributed by atoms with Crippen molar-refractivity contribution < 1.29 is 9.53 Å². The van der Waals surface area contributed by atoms with E-state index in [-0.39, 0.29) is 11.4 Å². The van der Waals surface area contributed by atoms with E-state index >= 15 is 0 Å². The number of hydrogen-bond donors (Lipinski definition) is 1. The summed E-state index contributed by atoms with van der Waals surface area (Å²) >= 11 is 5.75. The molecule has 1 aromatic carbocycles. The fourth-order valence-corrected chi connectivity index (χ4v) is 1.54. The number of halogens is 1. The number of carbonyl (C=O) groups excluding carboxylic acids is 1. The molecule has 0 aliphatic carbocycles. The third-order valence-corrected chi connectivity index (χ3v) is 2.65. The van der Waals surface area contributed by atoms with Crippen molar-refractivity contribution in [3.8, 4) is 11.6 Å². The van der Waals surface area contributed by atoms with Crippen molar-refractivity contribution >= 4 is 17.5 Å². The zero-order valence-corrected chi connectivity index (χ0v) is 15.0. The molecule has 0 radical (unpaired) electrons. The molecule has 2 rings (SSSR count). The number of amides is 1. The monoisotopic (exact) mass is 346 g/mol. The number of nitrogens with zero attached hydrogens (tertiary/aromatic N) is 1. The molecule has 0 atom stereocenters. The van der Waals surface area contributed by atoms with Gasteiger partial charge in [0.25, 0.3) is 5.91 Å². The van der Waals surface area contributed by atoms with Crippen LogP contribution in [0, 0.1) is 0 Å². The van der Waals surface area contributed by atoms with E-state index in [1.807, 2.05) is 32.9 Å². The largest absolute Gasteiger partial charge is 0.438 e. The van der Waals surface area contributed by atoms with Crippen molar-refractivity contribution in [2.45, 2.75) is 20.8 Å². The topological polar surface area (TPSA) is 65.2 Å². The second-order valence-electron chi connectivity index (χ2n) is 4.04. The summed E-state index contributed by atoms with van der Waals surface area (Å²) in [6, 6.07) is 9.91. The fourth-order valence-electron chi connectivity index (χ4n) is 1.41. The lowest BCUT2D eigenvalue weighted by atomic mass is 10.2. The Morgan fingerprint density at radius 1 is 1.25 bits per heavy atom. The van der Waals surface area contributed by atoms with Crippen molar-refractivity contribution in [3.63, 3.8) is 0 Å². The third kappa shape index (κ3) is 8.15. The zero-order valence-electron chi connectivity index (χ0n) is 14.2. The average molecular weight is 347 g/mol. The van der Waals surface area contributed by atoms with Gasteiger partial charge in [0.05, 0.1) is 0 Å². The first-order valence-corrected chi connectivity index (χ1v) is 7.88. The van der Waals surface area contributed by atoms with Crippen molar-refractivity contribution in [3.05, 3.63) is 78.0 Å². The number of hydrogen-bond acceptors (Lipinski definition) is 3. The summed E-state index contributed by atoms with van der Waals surface area (Å²) in [6.07, 6.45) is 7.10. The Bertz CT molecular complexity index is 653. The predicted octanol–water partition coefficient (Wildman–Crippen LogP) is 5.40. The van der Waals surface area contributed by atoms with Crippen LogP contribution in [0.15, 0.2) is 67.4 Å². The molecule has 1 amide bonds. The molecule has 128 valence electrons. The highest BCUT2D eigenvalue weighted by molar-refractivity contribution is 6.30. The molecule has 0 bridgehead atoms. The van der Waals surface area contributed by atoms with Gasteiger partial charge in [0.2, 0.25) is 5.88 Å². The van der Waals surface area contributed by atoms with Crippen molar-refractivity contribution in [1.82, 2.24) is 4.98 Å². The van der Waals surface area contributed by atoms with Crippen molar-refractivity contribution in [2.24, 2.45) is 5.73 Å². The second kappa shape index (κ2) is 12.9. The highest BCUT2D eigenvalue weighted by Gasteiger charge is 2.10. The maximum absolute atomic E-state index is 11.1. The predicted molar refractivity (Wildman–Crippen MR) is 101 cm³/mol. The number of primary amides is 1. The van der Waals surface area contributed by atoms with Crippen LogP contribution < -0.4 is 10.5 Å². The lowest BCUT2D eigenvalue weighted by Gasteiger charge is -2.07. The fraction of sp³-hybridized carbons (Fsp3) is 0.158. The van der Waals surface area contributed by atoms with Crippen LogP contribution in [-0.4, -0.2) is 10.9 Å². The van der Waals surface area contributed by atoms with Gasteiger partial charge in [-0.25, -0.2) is 4.98 Å². The van der Waals surface area contributed by atoms with Gasteiger partial charge in [-0.15, -0.1) is 0 Å². The molecule has 4 nitrogen and oxygen atoms in total. The van der Waals surface area contributed by atoms with E-state index in [0.29, 0.717) is 10.8 Å². The molecule has 24 heavy (non-hydrogen) atoms. The Morgan fingerprint density at radius 3 is 2.33 bits per heavy atom. The van der Waals surface area contributed by atoms with E-state index in [0.717, 1.165) is 0 Å². The first-order chi connectivity index (χ1) is 11.6. The zero-order chi connectivity index (χ0) is 18.4. The summed E-state index contributed by atoms with van der Waals surface area (Å²) in [5.74, 6) is 0.139. The van der Waals surface area contributed by atoms with Crippen LogP contribution in [-0.2, 0) is 0 Å². The Kier molecular flexibility index (Phi) is 11.5. The van der Waals surface area contributed by atoms with Gasteiger partial charge in [-0.05, 0) is 43.3 Å². The van der Waals surface area contributed by atoms with E-state index in [1.54, 1.807) is 42.5 Å². The lowest BCUT2D eigenvalue weighted by Crippen LogP contribution is -2.12. The van der Waals surface area contributed by atoms with Crippen LogP contribution in [0.25, 0.3) is 0 Å². The molecule has 5 heteroatoms. The average Bonchev–Trinajstić information content (AvgIpc) is 2.60. The number of benzene rings is 1. The smallest absolute Gasteiger partial charge is 0.254 e. The first kappa shape index (κ1) is 21.4.